The zero-order valence-electron chi connectivity index (χ0n) is 12.8. The van der Waals surface area contributed by atoms with Crippen LogP contribution in [0.25, 0.3) is 0 Å². The Morgan fingerprint density at radius 1 is 1.12 bits per heavy atom. The van der Waals surface area contributed by atoms with Crippen LogP contribution < -0.4 is 5.32 Å². The number of urea groups is 1. The van der Waals surface area contributed by atoms with E-state index in [-0.39, 0.29) is 0 Å². The molecule has 1 fully saturated rings. The molecule has 0 bridgehead atoms. The topological polar surface area (TPSA) is 66.5 Å². The third-order valence-corrected chi connectivity index (χ3v) is 4.23. The maximum absolute atomic E-state index is 13.8. The minimum absolute atomic E-state index is 0.310. The van der Waals surface area contributed by atoms with Gasteiger partial charge in [0.25, 0.3) is 11.8 Å². The number of carbonyl (C=O) groups excluding carboxylic acids is 3. The largest absolute Gasteiger partial charge is 0.332 e. The van der Waals surface area contributed by atoms with Gasteiger partial charge < -0.3 is 5.32 Å². The molecule has 0 saturated carbocycles. The highest BCUT2D eigenvalue weighted by atomic mass is 35.5. The molecule has 8 heteroatoms. The molecule has 0 aliphatic carbocycles. The van der Waals surface area contributed by atoms with Crippen molar-refractivity contribution < 1.29 is 23.2 Å². The molecule has 25 heavy (non-hydrogen) atoms. The lowest BCUT2D eigenvalue weighted by Crippen LogP contribution is -2.42. The van der Waals surface area contributed by atoms with E-state index in [1.54, 1.807) is 0 Å². The normalized spacial score (nSPS) is 19.9. The van der Waals surface area contributed by atoms with Crippen molar-refractivity contribution in [1.82, 2.24) is 10.2 Å². The van der Waals surface area contributed by atoms with Crippen molar-refractivity contribution >= 4 is 29.4 Å². The second kappa shape index (κ2) is 5.93. The first-order chi connectivity index (χ1) is 11.7. The lowest BCUT2D eigenvalue weighted by atomic mass is 9.92. The van der Waals surface area contributed by atoms with Gasteiger partial charge in [0.15, 0.2) is 0 Å². The smallest absolute Gasteiger partial charge is 0.319 e. The van der Waals surface area contributed by atoms with Gasteiger partial charge in [0.1, 0.15) is 17.2 Å². The molecule has 0 aromatic heterocycles. The first kappa shape index (κ1) is 17.0. The minimum Gasteiger partial charge on any atom is -0.319 e. The average molecular weight is 365 g/mol. The van der Waals surface area contributed by atoms with E-state index < -0.39 is 40.6 Å². The summed E-state index contributed by atoms with van der Waals surface area (Å²) >= 11 is 5.81. The van der Waals surface area contributed by atoms with E-state index in [1.165, 1.54) is 31.2 Å². The Morgan fingerprint density at radius 2 is 1.76 bits per heavy atom. The molecular weight excluding hydrogens is 354 g/mol. The van der Waals surface area contributed by atoms with Gasteiger partial charge in [-0.1, -0.05) is 23.7 Å². The molecule has 1 unspecified atom stereocenters. The van der Waals surface area contributed by atoms with Crippen LogP contribution >= 0.6 is 11.6 Å². The monoisotopic (exact) mass is 364 g/mol. The van der Waals surface area contributed by atoms with Crippen LogP contribution in [0.2, 0.25) is 5.02 Å². The van der Waals surface area contributed by atoms with Crippen molar-refractivity contribution in [3.05, 3.63) is 70.2 Å². The van der Waals surface area contributed by atoms with Crippen molar-refractivity contribution in [2.24, 2.45) is 0 Å². The van der Waals surface area contributed by atoms with E-state index >= 15 is 0 Å². The zero-order valence-corrected chi connectivity index (χ0v) is 13.6. The van der Waals surface area contributed by atoms with Crippen LogP contribution in [0.1, 0.15) is 22.8 Å². The molecule has 1 heterocycles. The van der Waals surface area contributed by atoms with E-state index in [1.807, 2.05) is 0 Å². The van der Waals surface area contributed by atoms with Gasteiger partial charge in [0.05, 0.1) is 5.56 Å². The van der Waals surface area contributed by atoms with Crippen LogP contribution in [-0.2, 0) is 10.3 Å². The lowest BCUT2D eigenvalue weighted by molar-refractivity contribution is -0.129. The predicted octanol–water partition coefficient (Wildman–Crippen LogP) is 3.23. The molecule has 3 rings (SSSR count). The Hall–Kier alpha value is -2.80. The van der Waals surface area contributed by atoms with Gasteiger partial charge >= 0.3 is 6.03 Å². The van der Waals surface area contributed by atoms with Crippen LogP contribution in [0.4, 0.5) is 13.6 Å². The van der Waals surface area contributed by atoms with Crippen molar-refractivity contribution in [3.8, 4) is 0 Å². The van der Waals surface area contributed by atoms with Gasteiger partial charge in [-0.25, -0.2) is 13.6 Å². The van der Waals surface area contributed by atoms with Crippen LogP contribution in [0.5, 0.6) is 0 Å². The maximum atomic E-state index is 13.8. The van der Waals surface area contributed by atoms with Crippen LogP contribution in [0.15, 0.2) is 42.5 Å². The molecule has 5 nitrogen and oxygen atoms in total. The van der Waals surface area contributed by atoms with E-state index in [9.17, 15) is 23.2 Å². The number of carbonyl (C=O) groups is 3. The average Bonchev–Trinajstić information content (AvgIpc) is 2.77. The minimum atomic E-state index is -1.51. The highest BCUT2D eigenvalue weighted by Crippen LogP contribution is 2.30. The quantitative estimate of drug-likeness (QED) is 0.657. The van der Waals surface area contributed by atoms with Gasteiger partial charge in [0.2, 0.25) is 0 Å². The van der Waals surface area contributed by atoms with Crippen molar-refractivity contribution in [2.75, 3.05) is 0 Å². The standard InChI is InChI=1S/C17H11ClF2N2O3/c1-17(9-2-4-10(18)5-3-9)15(24)22(16(25)21-17)14(23)12-7-6-11(19)8-13(12)20/h2-8H,1H3,(H,21,25). The molecule has 128 valence electrons. The third-order valence-electron chi connectivity index (χ3n) is 3.98. The molecule has 0 radical (unpaired) electrons. The second-order valence-corrected chi connectivity index (χ2v) is 6.07. The number of benzene rings is 2. The fourth-order valence-corrected chi connectivity index (χ4v) is 2.71. The third kappa shape index (κ3) is 2.76. The predicted molar refractivity (Wildman–Crippen MR) is 84.9 cm³/mol. The van der Waals surface area contributed by atoms with Gasteiger partial charge in [-0.3, -0.25) is 9.59 Å². The zero-order chi connectivity index (χ0) is 18.4. The Balaban J connectivity index is 1.98. The SMILES string of the molecule is CC1(c2ccc(Cl)cc2)NC(=O)N(C(=O)c2ccc(F)cc2F)C1=O. The number of rotatable bonds is 2. The van der Waals surface area contributed by atoms with Crippen molar-refractivity contribution in [2.45, 2.75) is 12.5 Å². The van der Waals surface area contributed by atoms with E-state index in [0.717, 1.165) is 12.1 Å². The Kier molecular flexibility index (Phi) is 4.04. The molecule has 1 N–H and O–H groups in total. The number of nitrogens with one attached hydrogen (secondary N) is 1. The summed E-state index contributed by atoms with van der Waals surface area (Å²) in [4.78, 5) is 37.6. The summed E-state index contributed by atoms with van der Waals surface area (Å²) in [7, 11) is 0. The second-order valence-electron chi connectivity index (χ2n) is 5.63. The first-order valence-electron chi connectivity index (χ1n) is 7.16. The van der Waals surface area contributed by atoms with Crippen molar-refractivity contribution in [1.29, 1.82) is 0 Å². The van der Waals surface area contributed by atoms with E-state index in [2.05, 4.69) is 5.32 Å². The number of hydrogen-bond donors (Lipinski definition) is 1. The van der Waals surface area contributed by atoms with Crippen LogP contribution in [0, 0.1) is 11.6 Å². The molecule has 1 saturated heterocycles. The summed E-state index contributed by atoms with van der Waals surface area (Å²) in [5.41, 5.74) is -1.68. The summed E-state index contributed by atoms with van der Waals surface area (Å²) < 4.78 is 26.8. The lowest BCUT2D eigenvalue weighted by Gasteiger charge is -2.21. The number of imide groups is 3. The summed E-state index contributed by atoms with van der Waals surface area (Å²) in [5, 5.41) is 2.86. The summed E-state index contributed by atoms with van der Waals surface area (Å²) in [6.45, 7) is 1.42. The van der Waals surface area contributed by atoms with Gasteiger partial charge in [-0.15, -0.1) is 0 Å². The Bertz CT molecular complexity index is 901. The maximum Gasteiger partial charge on any atom is 0.332 e. The molecule has 0 spiro atoms. The summed E-state index contributed by atoms with van der Waals surface area (Å²) in [6, 6.07) is 7.40. The summed E-state index contributed by atoms with van der Waals surface area (Å²) in [5.74, 6) is -4.07. The first-order valence-corrected chi connectivity index (χ1v) is 7.54. The number of halogens is 3. The fourth-order valence-electron chi connectivity index (χ4n) is 2.59. The Morgan fingerprint density at radius 3 is 2.36 bits per heavy atom. The highest BCUT2D eigenvalue weighted by Gasteiger charge is 2.52. The Labute approximate surface area is 146 Å². The number of amides is 4. The molecule has 1 atom stereocenters. The molecule has 1 aliphatic rings. The molecule has 2 aromatic rings. The molecule has 1 aliphatic heterocycles. The highest BCUT2D eigenvalue weighted by molar-refractivity contribution is 6.30. The van der Waals surface area contributed by atoms with Gasteiger partial charge in [-0.2, -0.15) is 4.90 Å². The van der Waals surface area contributed by atoms with Gasteiger partial charge in [-0.05, 0) is 36.8 Å². The molecule has 4 amide bonds. The number of hydrogen-bond acceptors (Lipinski definition) is 3. The molecular formula is C17H11ClF2N2O3. The van der Waals surface area contributed by atoms with Gasteiger partial charge in [0, 0.05) is 11.1 Å². The van der Waals surface area contributed by atoms with Crippen LogP contribution in [0.3, 0.4) is 0 Å². The van der Waals surface area contributed by atoms with Crippen LogP contribution in [-0.4, -0.2) is 22.7 Å². The fraction of sp³-hybridized carbons (Fsp3) is 0.118. The molecule has 2 aromatic carbocycles. The van der Waals surface area contributed by atoms with E-state index in [0.29, 0.717) is 21.6 Å². The van der Waals surface area contributed by atoms with Crippen molar-refractivity contribution in [3.63, 3.8) is 0 Å². The summed E-state index contributed by atoms with van der Waals surface area (Å²) in [6.07, 6.45) is 0. The number of nitrogens with zero attached hydrogens (tertiary/aromatic N) is 1. The van der Waals surface area contributed by atoms with E-state index in [4.69, 9.17) is 11.6 Å².